The van der Waals surface area contributed by atoms with Gasteiger partial charge in [-0.1, -0.05) is 70.4 Å². The van der Waals surface area contributed by atoms with E-state index in [2.05, 4.69) is 19.1 Å². The molecule has 0 aromatic rings. The number of carboxylic acid groups (broad SMARTS) is 1. The van der Waals surface area contributed by atoms with Gasteiger partial charge in [0.1, 0.15) is 0 Å². The maximum Gasteiger partial charge on any atom is 1.00 e. The van der Waals surface area contributed by atoms with Gasteiger partial charge >= 0.3 is 29.6 Å². The molecule has 0 radical (unpaired) electrons. The normalized spacial score (nSPS) is 12.8. The summed E-state index contributed by atoms with van der Waals surface area (Å²) >= 11 is 0. The van der Waals surface area contributed by atoms with Crippen LogP contribution in [0.25, 0.3) is 0 Å². The molecular formula is C20H37NaO5S. The Kier molecular flexibility index (Phi) is 21.1. The van der Waals surface area contributed by atoms with E-state index in [-0.39, 0.29) is 36.0 Å². The zero-order valence-corrected chi connectivity index (χ0v) is 20.1. The zero-order chi connectivity index (χ0) is 19.7. The fourth-order valence-electron chi connectivity index (χ4n) is 2.96. The van der Waals surface area contributed by atoms with Gasteiger partial charge in [-0.2, -0.15) is 8.42 Å². The molecule has 1 unspecified atom stereocenters. The third kappa shape index (κ3) is 22.3. The van der Waals surface area contributed by atoms with E-state index in [4.69, 9.17) is 4.55 Å². The summed E-state index contributed by atoms with van der Waals surface area (Å²) in [5.41, 5.74) is 0. The maximum atomic E-state index is 11.0. The second-order valence-corrected chi connectivity index (χ2v) is 8.68. The van der Waals surface area contributed by atoms with E-state index in [1.54, 1.807) is 0 Å². The van der Waals surface area contributed by atoms with Gasteiger partial charge in [-0.3, -0.25) is 4.55 Å². The number of hydrogen-bond donors (Lipinski definition) is 1. The second kappa shape index (κ2) is 19.4. The number of carboxylic acids is 1. The molecule has 0 rings (SSSR count). The van der Waals surface area contributed by atoms with Crippen molar-refractivity contribution < 1.29 is 52.4 Å². The van der Waals surface area contributed by atoms with Gasteiger partial charge in [-0.15, -0.1) is 0 Å². The first-order chi connectivity index (χ1) is 12.4. The van der Waals surface area contributed by atoms with Crippen LogP contribution in [0.15, 0.2) is 12.2 Å². The van der Waals surface area contributed by atoms with Gasteiger partial charge < -0.3 is 9.90 Å². The van der Waals surface area contributed by atoms with Crippen LogP contribution < -0.4 is 34.7 Å². The summed E-state index contributed by atoms with van der Waals surface area (Å²) in [5, 5.41) is 11.0. The molecule has 27 heavy (non-hydrogen) atoms. The first-order valence-corrected chi connectivity index (χ1v) is 11.8. The maximum absolute atomic E-state index is 11.0. The molecule has 0 fully saturated rings. The SMILES string of the molecule is CCCCCCCCC=CCCCCCCC(CCS(=O)(=O)O)C(=O)[O-].[Na+]. The molecule has 1 N–H and O–H groups in total. The van der Waals surface area contributed by atoms with Crippen molar-refractivity contribution in [2.24, 2.45) is 5.92 Å². The van der Waals surface area contributed by atoms with Crippen LogP contribution in [0, 0.1) is 5.92 Å². The Hall–Kier alpha value is 0.120. The predicted molar refractivity (Wildman–Crippen MR) is 104 cm³/mol. The van der Waals surface area contributed by atoms with E-state index >= 15 is 0 Å². The average molecular weight is 413 g/mol. The van der Waals surface area contributed by atoms with Gasteiger partial charge in [0.2, 0.25) is 0 Å². The van der Waals surface area contributed by atoms with Gasteiger partial charge in [0, 0.05) is 5.97 Å². The summed E-state index contributed by atoms with van der Waals surface area (Å²) in [4.78, 5) is 11.0. The van der Waals surface area contributed by atoms with Crippen LogP contribution in [0.5, 0.6) is 0 Å². The Morgan fingerprint density at radius 1 is 0.889 bits per heavy atom. The van der Waals surface area contributed by atoms with Crippen molar-refractivity contribution in [3.63, 3.8) is 0 Å². The van der Waals surface area contributed by atoms with Gasteiger partial charge in [-0.05, 0) is 44.4 Å². The Morgan fingerprint density at radius 3 is 1.85 bits per heavy atom. The van der Waals surface area contributed by atoms with E-state index in [0.717, 1.165) is 38.5 Å². The molecule has 0 amide bonds. The average Bonchev–Trinajstić information content (AvgIpc) is 2.56. The van der Waals surface area contributed by atoms with Crippen molar-refractivity contribution in [2.75, 3.05) is 5.75 Å². The summed E-state index contributed by atoms with van der Waals surface area (Å²) in [6.07, 6.45) is 18.8. The quantitative estimate of drug-likeness (QED) is 0.158. The van der Waals surface area contributed by atoms with Crippen molar-refractivity contribution in [3.8, 4) is 0 Å². The molecule has 0 heterocycles. The number of allylic oxidation sites excluding steroid dienone is 2. The summed E-state index contributed by atoms with van der Waals surface area (Å²) < 4.78 is 30.1. The predicted octanol–water partition coefficient (Wildman–Crippen LogP) is 1.28. The van der Waals surface area contributed by atoms with Crippen LogP contribution in [-0.2, 0) is 14.9 Å². The Morgan fingerprint density at radius 2 is 1.37 bits per heavy atom. The van der Waals surface area contributed by atoms with Crippen LogP contribution in [-0.4, -0.2) is 24.7 Å². The van der Waals surface area contributed by atoms with Crippen molar-refractivity contribution in [1.29, 1.82) is 0 Å². The number of rotatable bonds is 18. The van der Waals surface area contributed by atoms with Crippen LogP contribution in [0.4, 0.5) is 0 Å². The number of aliphatic carboxylic acids is 1. The van der Waals surface area contributed by atoms with E-state index in [0.29, 0.717) is 6.42 Å². The second-order valence-electron chi connectivity index (χ2n) is 7.11. The number of hydrogen-bond acceptors (Lipinski definition) is 4. The molecule has 1 atom stereocenters. The fraction of sp³-hybridized carbons (Fsp3) is 0.850. The fourth-order valence-corrected chi connectivity index (χ4v) is 3.54. The Bertz CT molecular complexity index is 477. The monoisotopic (exact) mass is 412 g/mol. The third-order valence-electron chi connectivity index (χ3n) is 4.62. The van der Waals surface area contributed by atoms with E-state index in [1.807, 2.05) is 0 Å². The first-order valence-electron chi connectivity index (χ1n) is 10.2. The number of carbonyl (C=O) groups excluding carboxylic acids is 1. The molecule has 0 saturated carbocycles. The molecule has 7 heteroatoms. The zero-order valence-electron chi connectivity index (χ0n) is 17.3. The summed E-state index contributed by atoms with van der Waals surface area (Å²) in [7, 11) is -4.11. The van der Waals surface area contributed by atoms with Gasteiger partial charge in [-0.25, -0.2) is 0 Å². The van der Waals surface area contributed by atoms with Gasteiger partial charge in [0.25, 0.3) is 10.1 Å². The molecule has 0 aliphatic rings. The minimum absolute atomic E-state index is 0. The summed E-state index contributed by atoms with van der Waals surface area (Å²) in [6.45, 7) is 2.23. The number of carbonyl (C=O) groups is 1. The molecule has 5 nitrogen and oxygen atoms in total. The standard InChI is InChI=1S/C20H38O5S.Na/c1-2-3-4-5-6-7-8-9-10-11-12-13-14-15-16-19(20(21)22)17-18-26(23,24)25;/h9-10,19H,2-8,11-18H2,1H3,(H,21,22)(H,23,24,25);/q;+1/p-1. The van der Waals surface area contributed by atoms with Crippen LogP contribution in [0.2, 0.25) is 0 Å². The van der Waals surface area contributed by atoms with Crippen molar-refractivity contribution in [3.05, 3.63) is 12.2 Å². The molecule has 0 spiro atoms. The van der Waals surface area contributed by atoms with E-state index < -0.39 is 27.8 Å². The molecule has 0 aromatic heterocycles. The smallest absolute Gasteiger partial charge is 0.550 e. The third-order valence-corrected chi connectivity index (χ3v) is 5.37. The molecular weight excluding hydrogens is 375 g/mol. The minimum atomic E-state index is -4.11. The Labute approximate surface area is 188 Å². The van der Waals surface area contributed by atoms with Crippen molar-refractivity contribution in [2.45, 2.75) is 96.8 Å². The molecule has 0 bridgehead atoms. The Balaban J connectivity index is 0. The summed E-state index contributed by atoms with van der Waals surface area (Å²) in [6, 6.07) is 0. The molecule has 0 aliphatic heterocycles. The van der Waals surface area contributed by atoms with Crippen molar-refractivity contribution in [1.82, 2.24) is 0 Å². The van der Waals surface area contributed by atoms with Crippen molar-refractivity contribution >= 4 is 16.1 Å². The van der Waals surface area contributed by atoms with E-state index in [9.17, 15) is 18.3 Å². The van der Waals surface area contributed by atoms with Gasteiger partial charge in [0.05, 0.1) is 5.75 Å². The van der Waals surface area contributed by atoms with E-state index in [1.165, 1.54) is 38.5 Å². The minimum Gasteiger partial charge on any atom is -0.550 e. The molecule has 0 saturated heterocycles. The largest absolute Gasteiger partial charge is 1.00 e. The van der Waals surface area contributed by atoms with Gasteiger partial charge in [0.15, 0.2) is 0 Å². The van der Waals surface area contributed by atoms with Crippen LogP contribution in [0.3, 0.4) is 0 Å². The van der Waals surface area contributed by atoms with Crippen LogP contribution in [0.1, 0.15) is 96.8 Å². The topological polar surface area (TPSA) is 94.5 Å². The number of unbranched alkanes of at least 4 members (excludes halogenated alkanes) is 10. The molecule has 0 aromatic carbocycles. The first kappa shape index (κ1) is 29.3. The van der Waals surface area contributed by atoms with Crippen LogP contribution >= 0.6 is 0 Å². The summed E-state index contributed by atoms with van der Waals surface area (Å²) in [5.74, 6) is -2.55. The molecule has 154 valence electrons. The molecule has 0 aliphatic carbocycles.